The fourth-order valence-corrected chi connectivity index (χ4v) is 2.63. The molecule has 7 nitrogen and oxygen atoms in total. The second-order valence-electron chi connectivity index (χ2n) is 4.44. The highest BCUT2D eigenvalue weighted by Gasteiger charge is 2.32. The van der Waals surface area contributed by atoms with Gasteiger partial charge in [0, 0.05) is 25.6 Å². The van der Waals surface area contributed by atoms with Crippen LogP contribution >= 0.6 is 11.8 Å². The largest absolute Gasteiger partial charge is 0.476 e. The van der Waals surface area contributed by atoms with Gasteiger partial charge in [0.15, 0.2) is 16.6 Å². The van der Waals surface area contributed by atoms with Crippen LogP contribution in [0.1, 0.15) is 23.8 Å². The summed E-state index contributed by atoms with van der Waals surface area (Å²) in [6, 6.07) is 0. The minimum Gasteiger partial charge on any atom is -0.476 e. The summed E-state index contributed by atoms with van der Waals surface area (Å²) in [6.45, 7) is 1.91. The van der Waals surface area contributed by atoms with E-state index in [9.17, 15) is 14.4 Å². The number of carbonyl (C=O) groups is 3. The molecule has 1 aromatic heterocycles. The van der Waals surface area contributed by atoms with Gasteiger partial charge in [-0.25, -0.2) is 9.78 Å². The lowest BCUT2D eigenvalue weighted by Crippen LogP contribution is -2.26. The maximum absolute atomic E-state index is 11.9. The molecular weight excluding hydrogens is 282 g/mol. The fourth-order valence-electron chi connectivity index (χ4n) is 1.94. The Labute approximate surface area is 119 Å². The third-order valence-electron chi connectivity index (χ3n) is 2.84. The maximum Gasteiger partial charge on any atom is 0.356 e. The van der Waals surface area contributed by atoms with Gasteiger partial charge in [-0.2, -0.15) is 0 Å². The van der Waals surface area contributed by atoms with Crippen molar-refractivity contribution in [2.24, 2.45) is 5.92 Å². The van der Waals surface area contributed by atoms with Gasteiger partial charge in [-0.3, -0.25) is 19.5 Å². The first kappa shape index (κ1) is 14.4. The molecule has 1 aromatic rings. The van der Waals surface area contributed by atoms with Crippen molar-refractivity contribution in [1.82, 2.24) is 9.97 Å². The van der Waals surface area contributed by atoms with Crippen molar-refractivity contribution >= 4 is 34.6 Å². The second kappa shape index (κ2) is 6.00. The Morgan fingerprint density at radius 2 is 2.25 bits per heavy atom. The summed E-state index contributed by atoms with van der Waals surface area (Å²) in [4.78, 5) is 42.8. The Morgan fingerprint density at radius 3 is 2.90 bits per heavy atom. The van der Waals surface area contributed by atoms with Crippen LogP contribution in [0.15, 0.2) is 12.4 Å². The van der Waals surface area contributed by atoms with Gasteiger partial charge in [0.2, 0.25) is 5.91 Å². The van der Waals surface area contributed by atoms with Crippen LogP contribution in [-0.4, -0.2) is 44.4 Å². The zero-order chi connectivity index (χ0) is 14.7. The normalized spacial score (nSPS) is 18.4. The molecule has 2 rings (SSSR count). The molecule has 1 aliphatic heterocycles. The minimum absolute atomic E-state index is 0.0172. The van der Waals surface area contributed by atoms with Crippen LogP contribution in [0.5, 0.6) is 0 Å². The number of amides is 1. The molecule has 0 bridgehead atoms. The van der Waals surface area contributed by atoms with E-state index >= 15 is 0 Å². The molecule has 0 aliphatic carbocycles. The third kappa shape index (κ3) is 3.32. The van der Waals surface area contributed by atoms with E-state index in [1.54, 1.807) is 0 Å². The van der Waals surface area contributed by atoms with Crippen molar-refractivity contribution in [3.05, 3.63) is 18.1 Å². The summed E-state index contributed by atoms with van der Waals surface area (Å²) in [5.41, 5.74) is -0.197. The molecule has 1 N–H and O–H groups in total. The van der Waals surface area contributed by atoms with Gasteiger partial charge in [0.25, 0.3) is 0 Å². The average Bonchev–Trinajstić information content (AvgIpc) is 2.78. The SMILES string of the molecule is CC(=O)SCC1CC(=O)N(c2cncc(C(=O)O)n2)C1. The second-order valence-corrected chi connectivity index (χ2v) is 5.64. The van der Waals surface area contributed by atoms with Crippen molar-refractivity contribution in [1.29, 1.82) is 0 Å². The molecule has 0 saturated carbocycles. The molecule has 1 unspecified atom stereocenters. The summed E-state index contributed by atoms with van der Waals surface area (Å²) in [6.07, 6.45) is 2.83. The molecule has 106 valence electrons. The van der Waals surface area contributed by atoms with Gasteiger partial charge in [0.05, 0.1) is 12.4 Å². The monoisotopic (exact) mass is 295 g/mol. The Morgan fingerprint density at radius 1 is 1.50 bits per heavy atom. The first-order valence-corrected chi connectivity index (χ1v) is 6.95. The number of anilines is 1. The minimum atomic E-state index is -1.19. The van der Waals surface area contributed by atoms with E-state index in [0.717, 1.165) is 6.20 Å². The lowest BCUT2D eigenvalue weighted by molar-refractivity contribution is -0.117. The molecule has 0 radical (unpaired) electrons. The standard InChI is InChI=1S/C12H13N3O4S/c1-7(16)20-6-8-2-11(17)15(5-8)10-4-13-3-9(14-10)12(18)19/h3-4,8H,2,5-6H2,1H3,(H,18,19). The zero-order valence-electron chi connectivity index (χ0n) is 10.8. The van der Waals surface area contributed by atoms with E-state index < -0.39 is 5.97 Å². The summed E-state index contributed by atoms with van der Waals surface area (Å²) in [5.74, 6) is -0.438. The van der Waals surface area contributed by atoms with Gasteiger partial charge < -0.3 is 5.11 Å². The highest BCUT2D eigenvalue weighted by atomic mass is 32.2. The third-order valence-corrected chi connectivity index (χ3v) is 3.89. The number of aromatic carboxylic acids is 1. The summed E-state index contributed by atoms with van der Waals surface area (Å²) < 4.78 is 0. The first-order valence-electron chi connectivity index (χ1n) is 5.96. The van der Waals surface area contributed by atoms with Crippen LogP contribution in [0.4, 0.5) is 5.82 Å². The van der Waals surface area contributed by atoms with E-state index in [1.165, 1.54) is 29.8 Å². The van der Waals surface area contributed by atoms with Crippen LogP contribution in [-0.2, 0) is 9.59 Å². The van der Waals surface area contributed by atoms with Crippen molar-refractivity contribution in [3.8, 4) is 0 Å². The van der Waals surface area contributed by atoms with Crippen LogP contribution < -0.4 is 4.90 Å². The van der Waals surface area contributed by atoms with Crippen LogP contribution in [0.2, 0.25) is 0 Å². The smallest absolute Gasteiger partial charge is 0.356 e. The molecule has 1 aliphatic rings. The molecule has 1 saturated heterocycles. The van der Waals surface area contributed by atoms with Crippen molar-refractivity contribution < 1.29 is 19.5 Å². The molecule has 0 spiro atoms. The Hall–Kier alpha value is -1.96. The number of thioether (sulfide) groups is 1. The van der Waals surface area contributed by atoms with Gasteiger partial charge >= 0.3 is 5.97 Å². The molecule has 0 aromatic carbocycles. The van der Waals surface area contributed by atoms with Gasteiger partial charge in [-0.1, -0.05) is 11.8 Å². The predicted molar refractivity (Wildman–Crippen MR) is 72.6 cm³/mol. The summed E-state index contributed by atoms with van der Waals surface area (Å²) in [5, 5.41) is 8.89. The Kier molecular flexibility index (Phi) is 4.33. The van der Waals surface area contributed by atoms with E-state index in [4.69, 9.17) is 5.11 Å². The molecule has 1 atom stereocenters. The molecule has 2 heterocycles. The molecule has 1 fully saturated rings. The molecular formula is C12H13N3O4S. The highest BCUT2D eigenvalue weighted by Crippen LogP contribution is 2.25. The molecule has 20 heavy (non-hydrogen) atoms. The van der Waals surface area contributed by atoms with Crippen molar-refractivity contribution in [3.63, 3.8) is 0 Å². The topological polar surface area (TPSA) is 100 Å². The zero-order valence-corrected chi connectivity index (χ0v) is 11.6. The fraction of sp³-hybridized carbons (Fsp3) is 0.417. The molecule has 1 amide bonds. The predicted octanol–water partition coefficient (Wildman–Crippen LogP) is 0.807. The van der Waals surface area contributed by atoms with Gasteiger partial charge in [0.1, 0.15) is 0 Å². The quantitative estimate of drug-likeness (QED) is 0.877. The average molecular weight is 295 g/mol. The van der Waals surface area contributed by atoms with Crippen molar-refractivity contribution in [2.45, 2.75) is 13.3 Å². The van der Waals surface area contributed by atoms with E-state index in [2.05, 4.69) is 9.97 Å². The van der Waals surface area contributed by atoms with E-state index in [0.29, 0.717) is 18.7 Å². The van der Waals surface area contributed by atoms with Crippen LogP contribution in [0.3, 0.4) is 0 Å². The number of hydrogen-bond acceptors (Lipinski definition) is 6. The van der Waals surface area contributed by atoms with Crippen LogP contribution in [0.25, 0.3) is 0 Å². The number of nitrogens with zero attached hydrogens (tertiary/aromatic N) is 3. The maximum atomic E-state index is 11.9. The van der Waals surface area contributed by atoms with Crippen LogP contribution in [0, 0.1) is 5.92 Å². The lowest BCUT2D eigenvalue weighted by atomic mass is 10.1. The van der Waals surface area contributed by atoms with Gasteiger partial charge in [-0.15, -0.1) is 0 Å². The number of carboxylic acids is 1. The number of carboxylic acid groups (broad SMARTS) is 1. The number of hydrogen-bond donors (Lipinski definition) is 1. The summed E-state index contributed by atoms with van der Waals surface area (Å²) in [7, 11) is 0. The molecule has 8 heteroatoms. The lowest BCUT2D eigenvalue weighted by Gasteiger charge is -2.15. The number of carbonyl (C=O) groups excluding carboxylic acids is 2. The highest BCUT2D eigenvalue weighted by molar-refractivity contribution is 8.13. The number of rotatable bonds is 4. The number of aromatic nitrogens is 2. The Balaban J connectivity index is 2.09. The first-order chi connectivity index (χ1) is 9.47. The van der Waals surface area contributed by atoms with E-state index in [1.807, 2.05) is 0 Å². The van der Waals surface area contributed by atoms with Gasteiger partial charge in [-0.05, 0) is 5.92 Å². The van der Waals surface area contributed by atoms with Crippen molar-refractivity contribution in [2.75, 3.05) is 17.2 Å². The Bertz CT molecular complexity index is 563. The van der Waals surface area contributed by atoms with E-state index in [-0.39, 0.29) is 28.5 Å². The summed E-state index contributed by atoms with van der Waals surface area (Å²) >= 11 is 1.19.